The molecular formula is C16H15BrN2O4S. The summed E-state index contributed by atoms with van der Waals surface area (Å²) in [6.45, 7) is 1.58. The van der Waals surface area contributed by atoms with Crippen LogP contribution >= 0.6 is 27.3 Å². The molecule has 0 bridgehead atoms. The molecule has 1 heterocycles. The average molecular weight is 411 g/mol. The third-order valence-electron chi connectivity index (χ3n) is 3.09. The van der Waals surface area contributed by atoms with E-state index in [-0.39, 0.29) is 11.8 Å². The van der Waals surface area contributed by atoms with Crippen LogP contribution in [0.15, 0.2) is 40.9 Å². The van der Waals surface area contributed by atoms with E-state index in [1.165, 1.54) is 7.11 Å². The van der Waals surface area contributed by atoms with Gasteiger partial charge in [-0.15, -0.1) is 11.3 Å². The average Bonchev–Trinajstić information content (AvgIpc) is 3.03. The fraction of sp³-hybridized carbons (Fsp3) is 0.188. The maximum atomic E-state index is 12.1. The first-order chi connectivity index (χ1) is 11.4. The highest BCUT2D eigenvalue weighted by atomic mass is 79.9. The number of benzene rings is 1. The Morgan fingerprint density at radius 1 is 1.12 bits per heavy atom. The van der Waals surface area contributed by atoms with E-state index >= 15 is 0 Å². The Morgan fingerprint density at radius 3 is 2.42 bits per heavy atom. The van der Waals surface area contributed by atoms with Crippen molar-refractivity contribution in [2.24, 2.45) is 0 Å². The molecule has 0 aliphatic carbocycles. The summed E-state index contributed by atoms with van der Waals surface area (Å²) in [6, 6.07) is 9.26. The van der Waals surface area contributed by atoms with Gasteiger partial charge >= 0.3 is 5.97 Å². The van der Waals surface area contributed by atoms with Crippen molar-refractivity contribution >= 4 is 50.1 Å². The summed E-state index contributed by atoms with van der Waals surface area (Å²) in [7, 11) is 1.29. The number of anilines is 1. The number of nitrogens with one attached hydrogen (secondary N) is 2. The van der Waals surface area contributed by atoms with Gasteiger partial charge in [0.15, 0.2) is 0 Å². The van der Waals surface area contributed by atoms with Crippen molar-refractivity contribution < 1.29 is 19.1 Å². The van der Waals surface area contributed by atoms with Gasteiger partial charge in [0.25, 0.3) is 5.91 Å². The number of esters is 1. The van der Waals surface area contributed by atoms with Gasteiger partial charge in [0.05, 0.1) is 12.1 Å². The molecule has 8 heteroatoms. The molecule has 0 aliphatic rings. The number of thiophene rings is 1. The summed E-state index contributed by atoms with van der Waals surface area (Å²) in [5, 5.41) is 5.78. The number of hydrogen-bond donors (Lipinski definition) is 2. The molecule has 0 radical (unpaired) electrons. The predicted molar refractivity (Wildman–Crippen MR) is 95.4 cm³/mol. The van der Waals surface area contributed by atoms with E-state index in [0.29, 0.717) is 15.4 Å². The number of ether oxygens (including phenoxy) is 1. The minimum atomic E-state index is -0.732. The van der Waals surface area contributed by atoms with E-state index in [1.54, 1.807) is 43.3 Å². The summed E-state index contributed by atoms with van der Waals surface area (Å²) >= 11 is 4.40. The molecule has 24 heavy (non-hydrogen) atoms. The van der Waals surface area contributed by atoms with E-state index < -0.39 is 12.0 Å². The molecular weight excluding hydrogens is 396 g/mol. The van der Waals surface area contributed by atoms with Gasteiger partial charge in [0, 0.05) is 10.0 Å². The third kappa shape index (κ3) is 4.65. The van der Waals surface area contributed by atoms with Gasteiger partial charge in [0.1, 0.15) is 10.9 Å². The molecule has 1 atom stereocenters. The van der Waals surface area contributed by atoms with Crippen LogP contribution in [0.25, 0.3) is 0 Å². The molecule has 0 saturated carbocycles. The Hall–Kier alpha value is -2.19. The Labute approximate surface area is 151 Å². The first-order valence-corrected chi connectivity index (χ1v) is 8.57. The second-order valence-electron chi connectivity index (χ2n) is 4.85. The van der Waals surface area contributed by atoms with Crippen molar-refractivity contribution in [3.05, 3.63) is 51.3 Å². The van der Waals surface area contributed by atoms with E-state index in [0.717, 1.165) is 15.8 Å². The van der Waals surface area contributed by atoms with Crippen LogP contribution in [-0.2, 0) is 9.53 Å². The van der Waals surface area contributed by atoms with E-state index in [1.807, 2.05) is 0 Å². The van der Waals surface area contributed by atoms with Crippen molar-refractivity contribution in [1.29, 1.82) is 0 Å². The molecule has 0 spiro atoms. The van der Waals surface area contributed by atoms with Crippen LogP contribution in [0.2, 0.25) is 0 Å². The topological polar surface area (TPSA) is 84.5 Å². The molecule has 6 nitrogen and oxygen atoms in total. The third-order valence-corrected chi connectivity index (χ3v) is 4.60. The van der Waals surface area contributed by atoms with Gasteiger partial charge in [-0.05, 0) is 43.3 Å². The van der Waals surface area contributed by atoms with E-state index in [9.17, 15) is 14.4 Å². The zero-order valence-electron chi connectivity index (χ0n) is 13.0. The lowest BCUT2D eigenvalue weighted by Crippen LogP contribution is -2.41. The molecule has 2 N–H and O–H groups in total. The lowest BCUT2D eigenvalue weighted by atomic mass is 10.2. The van der Waals surface area contributed by atoms with Gasteiger partial charge < -0.3 is 15.4 Å². The molecule has 2 rings (SSSR count). The molecule has 0 aliphatic heterocycles. The zero-order valence-corrected chi connectivity index (χ0v) is 15.4. The standard InChI is InChI=1S/C16H15BrN2O4S/c1-9(18-15(21)10-3-5-11(17)6-4-10)14(20)19-13-8-7-12(24-13)16(22)23-2/h3-9H,1-2H3,(H,18,21)(H,19,20)/t9-/m0/s1. The molecule has 2 aromatic rings. The monoisotopic (exact) mass is 410 g/mol. The van der Waals surface area contributed by atoms with Crippen LogP contribution in [0.4, 0.5) is 5.00 Å². The summed E-state index contributed by atoms with van der Waals surface area (Å²) in [6.07, 6.45) is 0. The number of halogens is 1. The minimum absolute atomic E-state index is 0.341. The Bertz CT molecular complexity index is 758. The quantitative estimate of drug-likeness (QED) is 0.741. The van der Waals surface area contributed by atoms with Crippen molar-refractivity contribution in [3.63, 3.8) is 0 Å². The fourth-order valence-electron chi connectivity index (χ4n) is 1.79. The highest BCUT2D eigenvalue weighted by Crippen LogP contribution is 2.22. The van der Waals surface area contributed by atoms with Gasteiger partial charge in [-0.1, -0.05) is 15.9 Å². The number of carbonyl (C=O) groups is 3. The van der Waals surface area contributed by atoms with Crippen LogP contribution in [0.3, 0.4) is 0 Å². The zero-order chi connectivity index (χ0) is 17.7. The maximum Gasteiger partial charge on any atom is 0.348 e. The minimum Gasteiger partial charge on any atom is -0.465 e. The summed E-state index contributed by atoms with van der Waals surface area (Å²) in [5.41, 5.74) is 0.460. The van der Waals surface area contributed by atoms with E-state index in [4.69, 9.17) is 0 Å². The SMILES string of the molecule is COC(=O)c1ccc(NC(=O)[C@H](C)NC(=O)c2ccc(Br)cc2)s1. The van der Waals surface area contributed by atoms with Gasteiger partial charge in [-0.25, -0.2) is 4.79 Å². The van der Waals surface area contributed by atoms with Crippen molar-refractivity contribution in [1.82, 2.24) is 5.32 Å². The predicted octanol–water partition coefficient (Wildman–Crippen LogP) is 3.05. The van der Waals surface area contributed by atoms with Crippen molar-refractivity contribution in [3.8, 4) is 0 Å². The lowest BCUT2D eigenvalue weighted by Gasteiger charge is -2.13. The molecule has 2 amide bonds. The number of amides is 2. The number of rotatable bonds is 5. The molecule has 126 valence electrons. The second-order valence-corrected chi connectivity index (χ2v) is 6.85. The number of carbonyl (C=O) groups excluding carboxylic acids is 3. The van der Waals surface area contributed by atoms with Crippen LogP contribution in [0.1, 0.15) is 27.0 Å². The first-order valence-electron chi connectivity index (χ1n) is 6.96. The number of methoxy groups -OCH3 is 1. The molecule has 1 aromatic carbocycles. The van der Waals surface area contributed by atoms with Gasteiger partial charge in [0.2, 0.25) is 5.91 Å². The van der Waals surface area contributed by atoms with Gasteiger partial charge in [-0.2, -0.15) is 0 Å². The van der Waals surface area contributed by atoms with Crippen LogP contribution in [0, 0.1) is 0 Å². The highest BCUT2D eigenvalue weighted by Gasteiger charge is 2.18. The first kappa shape index (κ1) is 18.2. The number of hydrogen-bond acceptors (Lipinski definition) is 5. The Balaban J connectivity index is 1.94. The fourth-order valence-corrected chi connectivity index (χ4v) is 2.88. The van der Waals surface area contributed by atoms with Crippen LogP contribution < -0.4 is 10.6 Å². The molecule has 1 aromatic heterocycles. The summed E-state index contributed by atoms with van der Waals surface area (Å²) in [5.74, 6) is -1.18. The van der Waals surface area contributed by atoms with E-state index in [2.05, 4.69) is 31.3 Å². The van der Waals surface area contributed by atoms with Crippen LogP contribution in [-0.4, -0.2) is 30.9 Å². The van der Waals surface area contributed by atoms with Crippen molar-refractivity contribution in [2.45, 2.75) is 13.0 Å². The maximum absolute atomic E-state index is 12.1. The smallest absolute Gasteiger partial charge is 0.348 e. The van der Waals surface area contributed by atoms with Gasteiger partial charge in [-0.3, -0.25) is 9.59 Å². The lowest BCUT2D eigenvalue weighted by molar-refractivity contribution is -0.117. The normalized spacial score (nSPS) is 11.5. The second kappa shape index (κ2) is 8.07. The Kier molecular flexibility index (Phi) is 6.10. The summed E-state index contributed by atoms with van der Waals surface area (Å²) < 4.78 is 5.48. The molecule has 0 saturated heterocycles. The highest BCUT2D eigenvalue weighted by molar-refractivity contribution is 9.10. The van der Waals surface area contributed by atoms with Crippen molar-refractivity contribution in [2.75, 3.05) is 12.4 Å². The molecule has 0 unspecified atom stereocenters. The Morgan fingerprint density at radius 2 is 1.79 bits per heavy atom. The van der Waals surface area contributed by atoms with Crippen LogP contribution in [0.5, 0.6) is 0 Å². The largest absolute Gasteiger partial charge is 0.465 e. The molecule has 0 fully saturated rings. The summed E-state index contributed by atoms with van der Waals surface area (Å²) in [4.78, 5) is 36.0.